The Balaban J connectivity index is 2.46. The summed E-state index contributed by atoms with van der Waals surface area (Å²) in [4.78, 5) is 4.21. The van der Waals surface area contributed by atoms with Crippen molar-refractivity contribution in [3.8, 4) is 0 Å². The van der Waals surface area contributed by atoms with Gasteiger partial charge in [-0.3, -0.25) is 0 Å². The molecular formula is C8H15N3S. The van der Waals surface area contributed by atoms with E-state index < -0.39 is 0 Å². The Morgan fingerprint density at radius 3 is 2.92 bits per heavy atom. The van der Waals surface area contributed by atoms with Crippen molar-refractivity contribution >= 4 is 17.6 Å². The molecule has 0 unspecified atom stereocenters. The zero-order valence-corrected chi connectivity index (χ0v) is 8.40. The van der Waals surface area contributed by atoms with E-state index >= 15 is 0 Å². The smallest absolute Gasteiger partial charge is 0.126 e. The topological polar surface area (TPSA) is 43.8 Å². The van der Waals surface area contributed by atoms with Gasteiger partial charge in [-0.25, -0.2) is 4.98 Å². The van der Waals surface area contributed by atoms with E-state index in [0.717, 1.165) is 29.4 Å². The Morgan fingerprint density at radius 2 is 2.42 bits per heavy atom. The summed E-state index contributed by atoms with van der Waals surface area (Å²) in [7, 11) is 1.92. The summed E-state index contributed by atoms with van der Waals surface area (Å²) in [6, 6.07) is 0. The molecule has 1 heterocycles. The molecule has 0 amide bonds. The maximum absolute atomic E-state index is 5.78. The van der Waals surface area contributed by atoms with E-state index in [0.29, 0.717) is 0 Å². The van der Waals surface area contributed by atoms with Gasteiger partial charge in [0.05, 0.1) is 12.0 Å². The number of anilines is 1. The highest BCUT2D eigenvalue weighted by atomic mass is 32.2. The standard InChI is InChI=1S/C8H15N3S/c1-3-12-5-4-7-8(9)11(2)6-10-7/h6H,3-5,9H2,1-2H3. The molecule has 0 saturated heterocycles. The molecule has 4 heteroatoms. The van der Waals surface area contributed by atoms with Crippen LogP contribution in [0, 0.1) is 0 Å². The van der Waals surface area contributed by atoms with Crippen LogP contribution in [0.4, 0.5) is 5.82 Å². The van der Waals surface area contributed by atoms with Crippen molar-refractivity contribution in [3.63, 3.8) is 0 Å². The Morgan fingerprint density at radius 1 is 1.67 bits per heavy atom. The van der Waals surface area contributed by atoms with Crippen LogP contribution in [0.3, 0.4) is 0 Å². The first kappa shape index (κ1) is 9.45. The number of aromatic nitrogens is 2. The number of thioether (sulfide) groups is 1. The summed E-state index contributed by atoms with van der Waals surface area (Å²) < 4.78 is 1.85. The highest BCUT2D eigenvalue weighted by Gasteiger charge is 2.03. The normalized spacial score (nSPS) is 10.5. The summed E-state index contributed by atoms with van der Waals surface area (Å²) >= 11 is 1.92. The molecule has 0 aliphatic carbocycles. The van der Waals surface area contributed by atoms with Crippen LogP contribution in [0.5, 0.6) is 0 Å². The van der Waals surface area contributed by atoms with Gasteiger partial charge in [-0.05, 0) is 11.5 Å². The maximum Gasteiger partial charge on any atom is 0.126 e. The average molecular weight is 185 g/mol. The average Bonchev–Trinajstić information content (AvgIpc) is 2.36. The van der Waals surface area contributed by atoms with Crippen molar-refractivity contribution in [1.82, 2.24) is 9.55 Å². The first-order valence-corrected chi connectivity index (χ1v) is 5.24. The minimum atomic E-state index is 0.798. The fraction of sp³-hybridized carbons (Fsp3) is 0.625. The first-order chi connectivity index (χ1) is 5.75. The van der Waals surface area contributed by atoms with E-state index in [4.69, 9.17) is 5.73 Å². The van der Waals surface area contributed by atoms with Crippen LogP contribution in [0.1, 0.15) is 12.6 Å². The second kappa shape index (κ2) is 4.40. The molecule has 1 aromatic rings. The van der Waals surface area contributed by atoms with Crippen molar-refractivity contribution in [2.45, 2.75) is 13.3 Å². The van der Waals surface area contributed by atoms with Crippen molar-refractivity contribution < 1.29 is 0 Å². The van der Waals surface area contributed by atoms with Gasteiger partial charge in [0.1, 0.15) is 5.82 Å². The van der Waals surface area contributed by atoms with Crippen molar-refractivity contribution in [2.75, 3.05) is 17.2 Å². The molecule has 12 heavy (non-hydrogen) atoms. The lowest BCUT2D eigenvalue weighted by molar-refractivity contribution is 0.925. The number of aryl methyl sites for hydroxylation is 2. The van der Waals surface area contributed by atoms with E-state index in [1.807, 2.05) is 23.4 Å². The van der Waals surface area contributed by atoms with Crippen molar-refractivity contribution in [2.24, 2.45) is 7.05 Å². The van der Waals surface area contributed by atoms with Gasteiger partial charge in [0, 0.05) is 13.5 Å². The molecule has 0 spiro atoms. The van der Waals surface area contributed by atoms with Crippen LogP contribution >= 0.6 is 11.8 Å². The Hall–Kier alpha value is -0.640. The second-order valence-corrected chi connectivity index (χ2v) is 4.03. The Labute approximate surface area is 77.4 Å². The van der Waals surface area contributed by atoms with Gasteiger partial charge >= 0.3 is 0 Å². The molecule has 68 valence electrons. The van der Waals surface area contributed by atoms with Crippen LogP contribution in [0.25, 0.3) is 0 Å². The third kappa shape index (κ3) is 2.17. The molecule has 0 fully saturated rings. The number of hydrogen-bond acceptors (Lipinski definition) is 3. The van der Waals surface area contributed by atoms with E-state index in [1.165, 1.54) is 0 Å². The molecule has 0 aliphatic heterocycles. The summed E-state index contributed by atoms with van der Waals surface area (Å²) in [6.07, 6.45) is 2.74. The lowest BCUT2D eigenvalue weighted by atomic mass is 10.3. The molecule has 2 N–H and O–H groups in total. The number of nitrogens with two attached hydrogens (primary N) is 1. The lowest BCUT2D eigenvalue weighted by Gasteiger charge is -1.98. The monoisotopic (exact) mass is 185 g/mol. The van der Waals surface area contributed by atoms with E-state index in [1.54, 1.807) is 6.33 Å². The van der Waals surface area contributed by atoms with Crippen LogP contribution in [0.2, 0.25) is 0 Å². The molecule has 1 aromatic heterocycles. The summed E-state index contributed by atoms with van der Waals surface area (Å²) in [5, 5.41) is 0. The second-order valence-electron chi connectivity index (χ2n) is 2.63. The predicted octanol–water partition coefficient (Wildman–Crippen LogP) is 1.30. The van der Waals surface area contributed by atoms with Crippen molar-refractivity contribution in [1.29, 1.82) is 0 Å². The number of nitrogen functional groups attached to an aromatic ring is 1. The van der Waals surface area contributed by atoms with Gasteiger partial charge in [0.25, 0.3) is 0 Å². The van der Waals surface area contributed by atoms with Gasteiger partial charge < -0.3 is 10.3 Å². The van der Waals surface area contributed by atoms with Crippen molar-refractivity contribution in [3.05, 3.63) is 12.0 Å². The fourth-order valence-corrected chi connectivity index (χ4v) is 1.62. The molecule has 0 aromatic carbocycles. The van der Waals surface area contributed by atoms with E-state index in [-0.39, 0.29) is 0 Å². The molecule has 0 saturated carbocycles. The number of imidazole rings is 1. The van der Waals surface area contributed by atoms with Crippen LogP contribution in [0.15, 0.2) is 6.33 Å². The van der Waals surface area contributed by atoms with Gasteiger partial charge in [-0.1, -0.05) is 6.92 Å². The van der Waals surface area contributed by atoms with Gasteiger partial charge in [0.2, 0.25) is 0 Å². The minimum absolute atomic E-state index is 0.798. The molecule has 0 bridgehead atoms. The minimum Gasteiger partial charge on any atom is -0.384 e. The number of hydrogen-bond donors (Lipinski definition) is 1. The highest BCUT2D eigenvalue weighted by Crippen LogP contribution is 2.11. The molecular weight excluding hydrogens is 170 g/mol. The van der Waals surface area contributed by atoms with Crippen LogP contribution in [-0.2, 0) is 13.5 Å². The van der Waals surface area contributed by atoms with E-state index in [9.17, 15) is 0 Å². The lowest BCUT2D eigenvalue weighted by Crippen LogP contribution is -1.99. The third-order valence-corrected chi connectivity index (χ3v) is 2.65. The Bertz CT molecular complexity index is 244. The molecule has 0 atom stereocenters. The van der Waals surface area contributed by atoms with Crippen LogP contribution < -0.4 is 5.73 Å². The number of nitrogens with zero attached hydrogens (tertiary/aromatic N) is 2. The predicted molar refractivity (Wildman–Crippen MR) is 54.3 cm³/mol. The number of rotatable bonds is 4. The molecule has 3 nitrogen and oxygen atoms in total. The summed E-state index contributed by atoms with van der Waals surface area (Å²) in [6.45, 7) is 2.16. The van der Waals surface area contributed by atoms with E-state index in [2.05, 4.69) is 11.9 Å². The fourth-order valence-electron chi connectivity index (χ4n) is 0.994. The Kier molecular flexibility index (Phi) is 3.47. The summed E-state index contributed by atoms with van der Waals surface area (Å²) in [5.74, 6) is 3.07. The molecule has 1 rings (SSSR count). The quantitative estimate of drug-likeness (QED) is 0.719. The summed E-state index contributed by atoms with van der Waals surface area (Å²) in [5.41, 5.74) is 6.80. The van der Waals surface area contributed by atoms with Crippen LogP contribution in [-0.4, -0.2) is 21.1 Å². The molecule has 0 radical (unpaired) electrons. The van der Waals surface area contributed by atoms with Gasteiger partial charge in [-0.15, -0.1) is 0 Å². The maximum atomic E-state index is 5.78. The molecule has 0 aliphatic rings. The largest absolute Gasteiger partial charge is 0.384 e. The first-order valence-electron chi connectivity index (χ1n) is 4.09. The van der Waals surface area contributed by atoms with Gasteiger partial charge in [0.15, 0.2) is 0 Å². The zero-order valence-electron chi connectivity index (χ0n) is 7.58. The zero-order chi connectivity index (χ0) is 8.97. The van der Waals surface area contributed by atoms with Gasteiger partial charge in [-0.2, -0.15) is 11.8 Å². The SMILES string of the molecule is CCSCCc1ncn(C)c1N. The third-order valence-electron chi connectivity index (χ3n) is 1.75. The highest BCUT2D eigenvalue weighted by molar-refractivity contribution is 7.99.